The predicted molar refractivity (Wildman–Crippen MR) is 69.8 cm³/mol. The summed E-state index contributed by atoms with van der Waals surface area (Å²) in [5.41, 5.74) is 2.68. The van der Waals surface area contributed by atoms with E-state index >= 15 is 0 Å². The molecule has 3 heteroatoms. The third kappa shape index (κ3) is 2.12. The minimum atomic E-state index is 0.00504. The highest BCUT2D eigenvalue weighted by molar-refractivity contribution is 5.55. The van der Waals surface area contributed by atoms with Crippen molar-refractivity contribution in [2.45, 2.75) is 25.4 Å². The number of hydrogen-bond acceptors (Lipinski definition) is 3. The zero-order valence-corrected chi connectivity index (χ0v) is 10.6. The second-order valence-electron chi connectivity index (χ2n) is 5.57. The molecule has 0 radical (unpaired) electrons. The molecule has 0 aliphatic carbocycles. The fraction of sp³-hybridized carbons (Fsp3) is 0.571. The first-order valence-corrected chi connectivity index (χ1v) is 6.39. The van der Waals surface area contributed by atoms with Crippen LogP contribution in [0, 0.1) is 0 Å². The largest absolute Gasteiger partial charge is 0.485 e. The first-order chi connectivity index (χ1) is 8.15. The summed E-state index contributed by atoms with van der Waals surface area (Å²) < 4.78 is 6.10. The van der Waals surface area contributed by atoms with Crippen molar-refractivity contribution in [3.8, 4) is 5.75 Å². The summed E-state index contributed by atoms with van der Waals surface area (Å²) in [5.74, 6) is 1.02. The van der Waals surface area contributed by atoms with Crippen molar-refractivity contribution in [3.05, 3.63) is 23.8 Å². The minimum absolute atomic E-state index is 0.00504. The van der Waals surface area contributed by atoms with Crippen LogP contribution in [0.5, 0.6) is 5.75 Å². The Morgan fingerprint density at radius 3 is 2.94 bits per heavy atom. The number of ether oxygens (including phenoxy) is 1. The number of hydrogen-bond donors (Lipinski definition) is 1. The van der Waals surface area contributed by atoms with Gasteiger partial charge in [-0.3, -0.25) is 4.90 Å². The number of likely N-dealkylation sites (tertiary alicyclic amines) is 1. The van der Waals surface area contributed by atoms with Crippen LogP contribution in [0.4, 0.5) is 5.69 Å². The molecule has 0 amide bonds. The monoisotopic (exact) mass is 232 g/mol. The minimum Gasteiger partial charge on any atom is -0.485 e. The standard InChI is InChI=1S/C14H20N2O/c1-14(9-16(2)10-14)17-12-5-6-13-11(8-12)4-3-7-15-13/h5-6,8,15H,3-4,7,9-10H2,1-2H3. The van der Waals surface area contributed by atoms with E-state index in [9.17, 15) is 0 Å². The van der Waals surface area contributed by atoms with Gasteiger partial charge in [-0.05, 0) is 50.6 Å². The number of anilines is 1. The SMILES string of the molecule is CN1CC(C)(Oc2ccc3c(c2)CCCN3)C1. The Kier molecular flexibility index (Phi) is 2.51. The molecule has 2 aliphatic heterocycles. The topological polar surface area (TPSA) is 24.5 Å². The summed E-state index contributed by atoms with van der Waals surface area (Å²) in [7, 11) is 2.13. The first-order valence-electron chi connectivity index (χ1n) is 6.39. The molecule has 0 unspecified atom stereocenters. The number of likely N-dealkylation sites (N-methyl/N-ethyl adjacent to an activating group) is 1. The van der Waals surface area contributed by atoms with Crippen molar-refractivity contribution >= 4 is 5.69 Å². The van der Waals surface area contributed by atoms with Crippen molar-refractivity contribution in [2.75, 3.05) is 32.0 Å². The molecule has 1 saturated heterocycles. The summed E-state index contributed by atoms with van der Waals surface area (Å²) >= 11 is 0. The van der Waals surface area contributed by atoms with E-state index in [1.165, 1.54) is 17.7 Å². The van der Waals surface area contributed by atoms with E-state index in [2.05, 4.69) is 42.4 Å². The molecule has 0 aromatic heterocycles. The van der Waals surface area contributed by atoms with E-state index < -0.39 is 0 Å². The molecular formula is C14H20N2O. The summed E-state index contributed by atoms with van der Waals surface area (Å²) in [4.78, 5) is 2.28. The fourth-order valence-corrected chi connectivity index (χ4v) is 2.96. The van der Waals surface area contributed by atoms with Gasteiger partial charge in [0.2, 0.25) is 0 Å². The van der Waals surface area contributed by atoms with Crippen molar-refractivity contribution < 1.29 is 4.74 Å². The van der Waals surface area contributed by atoms with Crippen LogP contribution in [0.2, 0.25) is 0 Å². The second-order valence-corrected chi connectivity index (χ2v) is 5.57. The smallest absolute Gasteiger partial charge is 0.131 e. The number of aryl methyl sites for hydroxylation is 1. The number of nitrogens with one attached hydrogen (secondary N) is 1. The lowest BCUT2D eigenvalue weighted by Crippen LogP contribution is -2.61. The molecule has 17 heavy (non-hydrogen) atoms. The van der Waals surface area contributed by atoms with Gasteiger partial charge in [-0.1, -0.05) is 0 Å². The highest BCUT2D eigenvalue weighted by Gasteiger charge is 2.38. The van der Waals surface area contributed by atoms with Crippen LogP contribution in [-0.2, 0) is 6.42 Å². The molecule has 2 aliphatic rings. The van der Waals surface area contributed by atoms with Gasteiger partial charge in [0.15, 0.2) is 0 Å². The fourth-order valence-electron chi connectivity index (χ4n) is 2.96. The summed E-state index contributed by atoms with van der Waals surface area (Å²) in [6.45, 7) is 5.31. The van der Waals surface area contributed by atoms with Gasteiger partial charge in [0, 0.05) is 25.3 Å². The Labute approximate surface area is 103 Å². The average molecular weight is 232 g/mol. The Morgan fingerprint density at radius 2 is 2.18 bits per heavy atom. The third-order valence-electron chi connectivity index (χ3n) is 3.59. The van der Waals surface area contributed by atoms with E-state index in [1.54, 1.807) is 0 Å². The van der Waals surface area contributed by atoms with Crippen LogP contribution in [-0.4, -0.2) is 37.2 Å². The molecule has 2 heterocycles. The Balaban J connectivity index is 1.75. The van der Waals surface area contributed by atoms with Crippen LogP contribution < -0.4 is 10.1 Å². The zero-order valence-electron chi connectivity index (χ0n) is 10.6. The van der Waals surface area contributed by atoms with Crippen LogP contribution in [0.1, 0.15) is 18.9 Å². The molecule has 3 rings (SSSR count). The molecule has 0 bridgehead atoms. The lowest BCUT2D eigenvalue weighted by molar-refractivity contribution is -0.0496. The summed E-state index contributed by atoms with van der Waals surface area (Å²) in [6, 6.07) is 6.43. The summed E-state index contributed by atoms with van der Waals surface area (Å²) in [6.07, 6.45) is 2.38. The maximum Gasteiger partial charge on any atom is 0.131 e. The van der Waals surface area contributed by atoms with Crippen LogP contribution >= 0.6 is 0 Å². The van der Waals surface area contributed by atoms with E-state index in [0.29, 0.717) is 0 Å². The number of rotatable bonds is 2. The van der Waals surface area contributed by atoms with E-state index in [4.69, 9.17) is 4.74 Å². The Bertz CT molecular complexity index is 424. The van der Waals surface area contributed by atoms with Gasteiger partial charge < -0.3 is 10.1 Å². The molecule has 0 atom stereocenters. The number of benzene rings is 1. The van der Waals surface area contributed by atoms with Crippen LogP contribution in [0.3, 0.4) is 0 Å². The van der Waals surface area contributed by atoms with Crippen LogP contribution in [0.15, 0.2) is 18.2 Å². The van der Waals surface area contributed by atoms with Crippen molar-refractivity contribution in [1.82, 2.24) is 4.90 Å². The van der Waals surface area contributed by atoms with Gasteiger partial charge in [-0.2, -0.15) is 0 Å². The molecule has 1 aromatic carbocycles. The van der Waals surface area contributed by atoms with Gasteiger partial charge in [0.1, 0.15) is 11.4 Å². The Hall–Kier alpha value is -1.22. The van der Waals surface area contributed by atoms with E-state index in [-0.39, 0.29) is 5.60 Å². The summed E-state index contributed by atoms with van der Waals surface area (Å²) in [5, 5.41) is 3.42. The van der Waals surface area contributed by atoms with Gasteiger partial charge in [-0.25, -0.2) is 0 Å². The molecule has 0 saturated carbocycles. The first kappa shape index (κ1) is 10.9. The van der Waals surface area contributed by atoms with Gasteiger partial charge in [-0.15, -0.1) is 0 Å². The zero-order chi connectivity index (χ0) is 11.9. The van der Waals surface area contributed by atoms with Gasteiger partial charge in [0.25, 0.3) is 0 Å². The number of nitrogens with zero attached hydrogens (tertiary/aromatic N) is 1. The lowest BCUT2D eigenvalue weighted by atomic mass is 9.97. The molecule has 92 valence electrons. The van der Waals surface area contributed by atoms with Gasteiger partial charge >= 0.3 is 0 Å². The van der Waals surface area contributed by atoms with E-state index in [1.807, 2.05) is 0 Å². The quantitative estimate of drug-likeness (QED) is 0.845. The maximum atomic E-state index is 6.10. The van der Waals surface area contributed by atoms with Crippen molar-refractivity contribution in [3.63, 3.8) is 0 Å². The average Bonchev–Trinajstić information content (AvgIpc) is 2.27. The Morgan fingerprint density at radius 1 is 1.35 bits per heavy atom. The highest BCUT2D eigenvalue weighted by Crippen LogP contribution is 2.30. The van der Waals surface area contributed by atoms with Crippen molar-refractivity contribution in [1.29, 1.82) is 0 Å². The van der Waals surface area contributed by atoms with E-state index in [0.717, 1.165) is 31.8 Å². The second kappa shape index (κ2) is 3.91. The molecular weight excluding hydrogens is 212 g/mol. The van der Waals surface area contributed by atoms with Crippen LogP contribution in [0.25, 0.3) is 0 Å². The lowest BCUT2D eigenvalue weighted by Gasteiger charge is -2.45. The number of fused-ring (bicyclic) bond motifs is 1. The van der Waals surface area contributed by atoms with Gasteiger partial charge in [0.05, 0.1) is 0 Å². The third-order valence-corrected chi connectivity index (χ3v) is 3.59. The highest BCUT2D eigenvalue weighted by atomic mass is 16.5. The normalized spacial score (nSPS) is 22.2. The maximum absolute atomic E-state index is 6.10. The van der Waals surface area contributed by atoms with Crippen molar-refractivity contribution in [2.24, 2.45) is 0 Å². The molecule has 1 N–H and O–H groups in total. The molecule has 1 fully saturated rings. The molecule has 1 aromatic rings. The predicted octanol–water partition coefficient (Wildman–Crippen LogP) is 2.13. The molecule has 3 nitrogen and oxygen atoms in total. The molecule has 0 spiro atoms.